The van der Waals surface area contributed by atoms with Crippen molar-refractivity contribution in [2.75, 3.05) is 41.5 Å². The van der Waals surface area contributed by atoms with Gasteiger partial charge in [-0.05, 0) is 49.5 Å². The summed E-state index contributed by atoms with van der Waals surface area (Å²) >= 11 is 0. The van der Waals surface area contributed by atoms with Crippen molar-refractivity contribution in [3.8, 4) is 0 Å². The molecule has 4 N–H and O–H groups in total. The van der Waals surface area contributed by atoms with Crippen molar-refractivity contribution in [1.82, 2.24) is 25.8 Å². The molecule has 304 valence electrons. The average Bonchev–Trinajstić information content (AvgIpc) is 3.64. The zero-order chi connectivity index (χ0) is 40.2. The first-order valence-electron chi connectivity index (χ1n) is 19.4. The minimum absolute atomic E-state index is 0.0165. The number of aliphatic hydroxyl groups is 1. The van der Waals surface area contributed by atoms with E-state index in [2.05, 4.69) is 16.0 Å². The van der Waals surface area contributed by atoms with Crippen LogP contribution in [0.25, 0.3) is 0 Å². The number of ether oxygens (including phenoxy) is 3. The fraction of sp³-hybridized carbons (Fsp3) is 0.725. The smallest absolute Gasteiger partial charge is 0.328 e. The molecular weight excluding hydrogens is 694 g/mol. The molecule has 1 aliphatic carbocycles. The number of urea groups is 1. The summed E-state index contributed by atoms with van der Waals surface area (Å²) in [6.07, 6.45) is 3.23. The van der Waals surface area contributed by atoms with Gasteiger partial charge in [0.2, 0.25) is 17.7 Å². The quantitative estimate of drug-likeness (QED) is 0.146. The van der Waals surface area contributed by atoms with Crippen LogP contribution in [0.3, 0.4) is 0 Å². The SMILES string of the molecule is CC[C@H](C)[C@@H]([C@@H](CC(=O)N1CCC[C@H]1[C@H](OC)[C@@H](C)C(=O)N[C@@H](Cc1ccccc1)C(=O)OC)OC)N(C)C(=O)[C@@H](NC(=O)NC1(CO)CCC1)C(C)C. The van der Waals surface area contributed by atoms with Gasteiger partial charge >= 0.3 is 12.0 Å². The number of hydrogen-bond donors (Lipinski definition) is 4. The lowest BCUT2D eigenvalue weighted by molar-refractivity contribution is -0.148. The summed E-state index contributed by atoms with van der Waals surface area (Å²) in [6.45, 7) is 9.78. The van der Waals surface area contributed by atoms with E-state index in [-0.39, 0.29) is 49.0 Å². The van der Waals surface area contributed by atoms with E-state index in [9.17, 15) is 29.1 Å². The van der Waals surface area contributed by atoms with Gasteiger partial charge < -0.3 is 45.1 Å². The van der Waals surface area contributed by atoms with Gasteiger partial charge in [0.25, 0.3) is 0 Å². The third kappa shape index (κ3) is 11.2. The van der Waals surface area contributed by atoms with Crippen LogP contribution >= 0.6 is 0 Å². The van der Waals surface area contributed by atoms with E-state index in [0.29, 0.717) is 32.2 Å². The maximum Gasteiger partial charge on any atom is 0.328 e. The number of aliphatic hydroxyl groups excluding tert-OH is 1. The molecule has 1 aromatic rings. The number of likely N-dealkylation sites (N-methyl/N-ethyl adjacent to an activating group) is 1. The minimum atomic E-state index is -0.898. The van der Waals surface area contributed by atoms with Crippen LogP contribution < -0.4 is 16.0 Å². The molecule has 5 amide bonds. The highest BCUT2D eigenvalue weighted by Crippen LogP contribution is 2.32. The molecule has 54 heavy (non-hydrogen) atoms. The van der Waals surface area contributed by atoms with Crippen molar-refractivity contribution >= 4 is 29.7 Å². The number of carbonyl (C=O) groups excluding carboxylic acids is 5. The Bertz CT molecular complexity index is 1390. The Balaban J connectivity index is 1.75. The molecule has 2 fully saturated rings. The molecule has 14 heteroatoms. The molecule has 8 atom stereocenters. The molecule has 0 unspecified atom stereocenters. The number of rotatable bonds is 20. The maximum atomic E-state index is 14.2. The van der Waals surface area contributed by atoms with E-state index in [1.807, 2.05) is 58.0 Å². The van der Waals surface area contributed by atoms with Crippen molar-refractivity contribution < 1.29 is 43.3 Å². The highest BCUT2D eigenvalue weighted by molar-refractivity contribution is 5.88. The van der Waals surface area contributed by atoms with E-state index in [1.165, 1.54) is 21.3 Å². The number of likely N-dealkylation sites (tertiary alicyclic amines) is 1. The number of esters is 1. The zero-order valence-electron chi connectivity index (χ0n) is 33.8. The van der Waals surface area contributed by atoms with Crippen LogP contribution in [-0.2, 0) is 39.8 Å². The van der Waals surface area contributed by atoms with Gasteiger partial charge in [-0.15, -0.1) is 0 Å². The predicted molar refractivity (Wildman–Crippen MR) is 204 cm³/mol. The zero-order valence-corrected chi connectivity index (χ0v) is 33.8. The average molecular weight is 760 g/mol. The molecule has 2 aliphatic rings. The Kier molecular flexibility index (Phi) is 17.2. The van der Waals surface area contributed by atoms with Gasteiger partial charge in [0, 0.05) is 34.2 Å². The predicted octanol–water partition coefficient (Wildman–Crippen LogP) is 3.05. The third-order valence-electron chi connectivity index (χ3n) is 11.6. The lowest BCUT2D eigenvalue weighted by atomic mass is 9.77. The Hall–Kier alpha value is -3.75. The summed E-state index contributed by atoms with van der Waals surface area (Å²) in [5.74, 6) is -2.44. The second-order valence-corrected chi connectivity index (χ2v) is 15.5. The number of hydrogen-bond acceptors (Lipinski definition) is 9. The van der Waals surface area contributed by atoms with E-state index in [0.717, 1.165) is 18.4 Å². The van der Waals surface area contributed by atoms with Crippen LogP contribution in [0.4, 0.5) is 4.79 Å². The summed E-state index contributed by atoms with van der Waals surface area (Å²) < 4.78 is 16.9. The first-order valence-corrected chi connectivity index (χ1v) is 19.4. The first kappa shape index (κ1) is 44.6. The fourth-order valence-corrected chi connectivity index (χ4v) is 7.87. The van der Waals surface area contributed by atoms with Crippen molar-refractivity contribution in [3.05, 3.63) is 35.9 Å². The molecular formula is C40H65N5O9. The van der Waals surface area contributed by atoms with Crippen molar-refractivity contribution in [2.24, 2.45) is 17.8 Å². The summed E-state index contributed by atoms with van der Waals surface area (Å²) in [7, 11) is 6.02. The van der Waals surface area contributed by atoms with Crippen LogP contribution in [0.5, 0.6) is 0 Å². The minimum Gasteiger partial charge on any atom is -0.467 e. The van der Waals surface area contributed by atoms with Gasteiger partial charge in [0.1, 0.15) is 12.1 Å². The number of nitrogens with zero attached hydrogens (tertiary/aromatic N) is 2. The topological polar surface area (TPSA) is 176 Å². The van der Waals surface area contributed by atoms with E-state index >= 15 is 0 Å². The summed E-state index contributed by atoms with van der Waals surface area (Å²) in [5.41, 5.74) is 0.209. The Morgan fingerprint density at radius 1 is 0.981 bits per heavy atom. The lowest BCUT2D eigenvalue weighted by Crippen LogP contribution is -2.63. The Morgan fingerprint density at radius 2 is 1.65 bits per heavy atom. The molecule has 1 saturated heterocycles. The van der Waals surface area contributed by atoms with E-state index in [1.54, 1.807) is 23.8 Å². The molecule has 1 aromatic carbocycles. The monoisotopic (exact) mass is 759 g/mol. The fourth-order valence-electron chi connectivity index (χ4n) is 7.87. The number of carbonyl (C=O) groups is 5. The highest BCUT2D eigenvalue weighted by Gasteiger charge is 2.44. The number of methoxy groups -OCH3 is 3. The van der Waals surface area contributed by atoms with Gasteiger partial charge in [-0.25, -0.2) is 9.59 Å². The summed E-state index contributed by atoms with van der Waals surface area (Å²) in [6, 6.07) is 6.20. The molecule has 1 heterocycles. The van der Waals surface area contributed by atoms with Gasteiger partial charge in [-0.3, -0.25) is 14.4 Å². The first-order chi connectivity index (χ1) is 25.7. The summed E-state index contributed by atoms with van der Waals surface area (Å²) in [5, 5.41) is 18.4. The van der Waals surface area contributed by atoms with Crippen LogP contribution in [-0.4, -0.2) is 128 Å². The molecule has 3 rings (SSSR count). The van der Waals surface area contributed by atoms with Crippen LogP contribution in [0.1, 0.15) is 85.1 Å². The maximum absolute atomic E-state index is 14.2. The third-order valence-corrected chi connectivity index (χ3v) is 11.6. The van der Waals surface area contributed by atoms with Gasteiger partial charge in [0.15, 0.2) is 0 Å². The number of amides is 5. The molecule has 0 radical (unpaired) electrons. The second-order valence-electron chi connectivity index (χ2n) is 15.5. The molecule has 0 spiro atoms. The van der Waals surface area contributed by atoms with E-state index < -0.39 is 59.8 Å². The van der Waals surface area contributed by atoms with Crippen molar-refractivity contribution in [3.63, 3.8) is 0 Å². The van der Waals surface area contributed by atoms with Crippen molar-refractivity contribution in [1.29, 1.82) is 0 Å². The normalized spacial score (nSPS) is 20.4. The molecule has 14 nitrogen and oxygen atoms in total. The van der Waals surface area contributed by atoms with E-state index in [4.69, 9.17) is 14.2 Å². The van der Waals surface area contributed by atoms with Gasteiger partial charge in [0.05, 0.1) is 55.9 Å². The molecule has 0 aromatic heterocycles. The number of nitrogens with one attached hydrogen (secondary N) is 3. The highest BCUT2D eigenvalue weighted by atomic mass is 16.5. The van der Waals surface area contributed by atoms with Crippen LogP contribution in [0, 0.1) is 17.8 Å². The lowest BCUT2D eigenvalue weighted by Gasteiger charge is -2.42. The van der Waals surface area contributed by atoms with Gasteiger partial charge in [-0.2, -0.15) is 0 Å². The van der Waals surface area contributed by atoms with Gasteiger partial charge in [-0.1, -0.05) is 71.4 Å². The van der Waals surface area contributed by atoms with Crippen molar-refractivity contribution in [2.45, 2.75) is 128 Å². The standard InChI is InChI=1S/C40H65N5O9/c1-10-26(4)34(44(6)37(49)33(25(2)3)42-39(51)43-40(24-46)19-15-20-40)31(52-7)23-32(47)45-21-14-18-30(45)35(53-8)27(5)36(48)41-29(38(50)54-9)22-28-16-12-11-13-17-28/h11-13,16-17,25-27,29-31,33-35,46H,10,14-15,18-24H2,1-9H3,(H,41,48)(H2,42,43,51)/t26-,27+,29-,30-,31+,33-,34-,35+/m0/s1. The molecule has 0 bridgehead atoms. The largest absolute Gasteiger partial charge is 0.467 e. The Morgan fingerprint density at radius 3 is 2.17 bits per heavy atom. The summed E-state index contributed by atoms with van der Waals surface area (Å²) in [4.78, 5) is 71.0. The van der Waals surface area contributed by atoms with Crippen LogP contribution in [0.2, 0.25) is 0 Å². The Labute approximate surface area is 321 Å². The number of benzene rings is 1. The molecule has 1 aliphatic heterocycles. The van der Waals surface area contributed by atoms with Crippen LogP contribution in [0.15, 0.2) is 30.3 Å². The second kappa shape index (κ2) is 20.8. The molecule has 1 saturated carbocycles.